The van der Waals surface area contributed by atoms with E-state index in [1.165, 1.54) is 16.0 Å². The predicted molar refractivity (Wildman–Crippen MR) is 77.0 cm³/mol. The van der Waals surface area contributed by atoms with Crippen LogP contribution in [0.4, 0.5) is 10.6 Å². The van der Waals surface area contributed by atoms with Gasteiger partial charge in [-0.3, -0.25) is 9.69 Å². The maximum Gasteiger partial charge on any atom is 0.326 e. The number of carbonyl (C=O) groups excluding carboxylic acids is 1. The fourth-order valence-electron chi connectivity index (χ4n) is 2.24. The van der Waals surface area contributed by atoms with Crippen LogP contribution in [0.1, 0.15) is 32.2 Å². The summed E-state index contributed by atoms with van der Waals surface area (Å²) >= 11 is 0. The zero-order valence-electron chi connectivity index (χ0n) is 12.7. The Morgan fingerprint density at radius 1 is 1.50 bits per heavy atom. The molecule has 2 amide bonds. The van der Waals surface area contributed by atoms with Crippen molar-refractivity contribution >= 4 is 17.8 Å². The highest BCUT2D eigenvalue weighted by Gasteiger charge is 2.35. The van der Waals surface area contributed by atoms with Gasteiger partial charge in [0, 0.05) is 18.3 Å². The highest BCUT2D eigenvalue weighted by atomic mass is 16.4. The van der Waals surface area contributed by atoms with Crippen LogP contribution in [0, 0.1) is 16.7 Å². The highest BCUT2D eigenvalue weighted by molar-refractivity contribution is 5.95. The molecule has 0 radical (unpaired) electrons. The first-order valence-corrected chi connectivity index (χ1v) is 6.75. The quantitative estimate of drug-likeness (QED) is 0.898. The number of hydrogen-bond donors (Lipinski definition) is 1. The Balaban J connectivity index is 2.46. The molecule has 0 atom stereocenters. The second-order valence-electron chi connectivity index (χ2n) is 6.33. The van der Waals surface area contributed by atoms with Gasteiger partial charge in [0.05, 0.1) is 6.54 Å². The van der Waals surface area contributed by atoms with Gasteiger partial charge in [-0.2, -0.15) is 5.26 Å². The van der Waals surface area contributed by atoms with Gasteiger partial charge in [-0.25, -0.2) is 14.8 Å². The first-order chi connectivity index (χ1) is 10.2. The normalized spacial score (nSPS) is 14.5. The number of nitrogens with zero attached hydrogens (tertiary/aromatic N) is 5. The molecule has 0 aliphatic carbocycles. The van der Waals surface area contributed by atoms with Crippen LogP contribution in [0.2, 0.25) is 0 Å². The average Bonchev–Trinajstić information content (AvgIpc) is 2.41. The molecule has 22 heavy (non-hydrogen) atoms. The molecule has 0 spiro atoms. The zero-order valence-corrected chi connectivity index (χ0v) is 12.7. The number of aliphatic carboxylic acids is 1. The molecule has 2 heterocycles. The number of hydrogen-bond acceptors (Lipinski definition) is 5. The summed E-state index contributed by atoms with van der Waals surface area (Å²) in [5, 5.41) is 17.9. The van der Waals surface area contributed by atoms with E-state index in [1.54, 1.807) is 0 Å². The monoisotopic (exact) mass is 303 g/mol. The number of aromatic nitrogens is 2. The van der Waals surface area contributed by atoms with Crippen molar-refractivity contribution in [2.75, 3.05) is 18.0 Å². The average molecular weight is 303 g/mol. The molecule has 2 rings (SSSR count). The van der Waals surface area contributed by atoms with E-state index in [0.717, 1.165) is 0 Å². The molecule has 8 nitrogen and oxygen atoms in total. The van der Waals surface area contributed by atoms with Crippen molar-refractivity contribution in [2.45, 2.75) is 27.3 Å². The largest absolute Gasteiger partial charge is 0.480 e. The number of carboxylic acid groups (broad SMARTS) is 1. The molecule has 1 aromatic heterocycles. The van der Waals surface area contributed by atoms with E-state index in [-0.39, 0.29) is 24.3 Å². The van der Waals surface area contributed by atoms with Gasteiger partial charge in [0.15, 0.2) is 0 Å². The molecule has 0 bridgehead atoms. The number of fused-ring (bicyclic) bond motifs is 1. The summed E-state index contributed by atoms with van der Waals surface area (Å²) in [7, 11) is 0. The molecular formula is C14H17N5O3. The van der Waals surface area contributed by atoms with Crippen LogP contribution in [0.15, 0.2) is 6.20 Å². The fourth-order valence-corrected chi connectivity index (χ4v) is 2.24. The van der Waals surface area contributed by atoms with E-state index >= 15 is 0 Å². The molecule has 0 fully saturated rings. The molecule has 1 aromatic rings. The summed E-state index contributed by atoms with van der Waals surface area (Å²) in [6.07, 6.45) is 1.47. The summed E-state index contributed by atoms with van der Waals surface area (Å²) in [6.45, 7) is 5.97. The van der Waals surface area contributed by atoms with E-state index in [0.29, 0.717) is 17.9 Å². The first kappa shape index (κ1) is 15.7. The zero-order chi connectivity index (χ0) is 16.5. The minimum atomic E-state index is -1.08. The summed E-state index contributed by atoms with van der Waals surface area (Å²) in [6, 6.07) is 1.43. The van der Waals surface area contributed by atoms with Crippen molar-refractivity contribution in [1.82, 2.24) is 14.9 Å². The second-order valence-corrected chi connectivity index (χ2v) is 6.33. The molecule has 0 aromatic carbocycles. The van der Waals surface area contributed by atoms with Crippen LogP contribution in [0.25, 0.3) is 0 Å². The second kappa shape index (κ2) is 5.60. The highest BCUT2D eigenvalue weighted by Crippen LogP contribution is 2.29. The summed E-state index contributed by atoms with van der Waals surface area (Å²) in [4.78, 5) is 34.1. The lowest BCUT2D eigenvalue weighted by molar-refractivity contribution is -0.137. The van der Waals surface area contributed by atoms with Gasteiger partial charge in [0.25, 0.3) is 0 Å². The Hall–Kier alpha value is -2.69. The van der Waals surface area contributed by atoms with E-state index in [4.69, 9.17) is 10.4 Å². The van der Waals surface area contributed by atoms with Crippen LogP contribution < -0.4 is 4.90 Å². The number of carboxylic acids is 1. The van der Waals surface area contributed by atoms with Crippen molar-refractivity contribution in [3.63, 3.8) is 0 Å². The summed E-state index contributed by atoms with van der Waals surface area (Å²) in [5.41, 5.74) is 0.417. The SMILES string of the molecule is CC(C)(C)CN1C(=O)N(CC(=O)O)Cc2cnc(C#N)nc21. The molecule has 1 N–H and O–H groups in total. The van der Waals surface area contributed by atoms with E-state index in [1.807, 2.05) is 26.8 Å². The standard InChI is InChI=1S/C14H17N5O3/c1-14(2,3)8-19-12-9(5-16-10(4-15)17-12)6-18(13(19)22)7-11(20)21/h5H,6-8H2,1-3H3,(H,20,21). The minimum absolute atomic E-state index is 0.0165. The van der Waals surface area contributed by atoms with Crippen LogP contribution in [0.5, 0.6) is 0 Å². The van der Waals surface area contributed by atoms with E-state index < -0.39 is 12.0 Å². The Bertz CT molecular complexity index is 659. The number of nitriles is 1. The smallest absolute Gasteiger partial charge is 0.326 e. The Morgan fingerprint density at radius 2 is 2.18 bits per heavy atom. The molecule has 0 saturated heterocycles. The summed E-state index contributed by atoms with van der Waals surface area (Å²) < 4.78 is 0. The predicted octanol–water partition coefficient (Wildman–Crippen LogP) is 1.22. The van der Waals surface area contributed by atoms with E-state index in [9.17, 15) is 9.59 Å². The molecule has 0 saturated carbocycles. The first-order valence-electron chi connectivity index (χ1n) is 6.75. The lowest BCUT2D eigenvalue weighted by Crippen LogP contribution is -2.51. The number of amides is 2. The molecule has 1 aliphatic heterocycles. The number of rotatable bonds is 3. The summed E-state index contributed by atoms with van der Waals surface area (Å²) in [5.74, 6) is -0.715. The third kappa shape index (κ3) is 3.31. The Labute approximate surface area is 128 Å². The van der Waals surface area contributed by atoms with Crippen molar-refractivity contribution in [3.05, 3.63) is 17.6 Å². The topological polar surface area (TPSA) is 110 Å². The van der Waals surface area contributed by atoms with Gasteiger partial charge in [0.2, 0.25) is 5.82 Å². The van der Waals surface area contributed by atoms with Crippen molar-refractivity contribution in [2.24, 2.45) is 5.41 Å². The fraction of sp³-hybridized carbons (Fsp3) is 0.500. The Kier molecular flexibility index (Phi) is 3.99. The van der Waals surface area contributed by atoms with Crippen molar-refractivity contribution < 1.29 is 14.7 Å². The molecule has 116 valence electrons. The maximum atomic E-state index is 12.5. The van der Waals surface area contributed by atoms with Crippen molar-refractivity contribution in [3.8, 4) is 6.07 Å². The Morgan fingerprint density at radius 3 is 2.73 bits per heavy atom. The third-order valence-electron chi connectivity index (χ3n) is 3.02. The minimum Gasteiger partial charge on any atom is -0.480 e. The number of carbonyl (C=O) groups is 2. The third-order valence-corrected chi connectivity index (χ3v) is 3.02. The molecule has 0 unspecified atom stereocenters. The number of urea groups is 1. The van der Waals surface area contributed by atoms with Crippen LogP contribution in [0.3, 0.4) is 0 Å². The van der Waals surface area contributed by atoms with Gasteiger partial charge < -0.3 is 10.0 Å². The van der Waals surface area contributed by atoms with Gasteiger partial charge in [0.1, 0.15) is 18.4 Å². The molecular weight excluding hydrogens is 286 g/mol. The van der Waals surface area contributed by atoms with E-state index in [2.05, 4.69) is 9.97 Å². The van der Waals surface area contributed by atoms with Gasteiger partial charge in [-0.05, 0) is 5.41 Å². The van der Waals surface area contributed by atoms with Gasteiger partial charge in [-0.15, -0.1) is 0 Å². The lowest BCUT2D eigenvalue weighted by atomic mass is 9.95. The molecule has 1 aliphatic rings. The van der Waals surface area contributed by atoms with Crippen LogP contribution in [-0.4, -0.2) is 45.1 Å². The van der Waals surface area contributed by atoms with Crippen LogP contribution in [-0.2, 0) is 11.3 Å². The van der Waals surface area contributed by atoms with Gasteiger partial charge >= 0.3 is 12.0 Å². The lowest BCUT2D eigenvalue weighted by Gasteiger charge is -2.38. The van der Waals surface area contributed by atoms with Gasteiger partial charge in [-0.1, -0.05) is 20.8 Å². The molecule has 8 heteroatoms. The van der Waals surface area contributed by atoms with Crippen LogP contribution >= 0.6 is 0 Å². The van der Waals surface area contributed by atoms with Crippen molar-refractivity contribution in [1.29, 1.82) is 5.26 Å². The number of anilines is 1. The maximum absolute atomic E-state index is 12.5.